The number of amides is 1. The Morgan fingerprint density at radius 3 is 1.96 bits per heavy atom. The van der Waals surface area contributed by atoms with E-state index >= 15 is 0 Å². The molecule has 0 radical (unpaired) electrons. The molecule has 0 N–H and O–H groups in total. The number of carbonyl (C=O) groups is 1. The van der Waals surface area contributed by atoms with Crippen molar-refractivity contribution >= 4 is 6.09 Å². The average molecular weight is 448 g/mol. The Balaban J connectivity index is 0.00000676. The van der Waals surface area contributed by atoms with Crippen molar-refractivity contribution in [3.05, 3.63) is 12.7 Å². The SMILES string of the molecule is C=CC[N+]1(CCCCCCCCCCCC)CCN(C(=O)OCC)CC1.[Br-]. The summed E-state index contributed by atoms with van der Waals surface area (Å²) in [5.41, 5.74) is 0. The number of halogens is 1. The molecular weight excluding hydrogens is 404 g/mol. The average Bonchev–Trinajstić information content (AvgIpc) is 2.64. The normalized spacial score (nSPS) is 15.9. The Morgan fingerprint density at radius 1 is 0.963 bits per heavy atom. The Bertz CT molecular complexity index is 383. The minimum Gasteiger partial charge on any atom is -1.00 e. The maximum atomic E-state index is 11.9. The zero-order valence-corrected chi connectivity index (χ0v) is 19.5. The van der Waals surface area contributed by atoms with Crippen LogP contribution >= 0.6 is 0 Å². The van der Waals surface area contributed by atoms with E-state index in [1.165, 1.54) is 70.8 Å². The van der Waals surface area contributed by atoms with E-state index in [0.717, 1.165) is 37.2 Å². The van der Waals surface area contributed by atoms with Gasteiger partial charge in [0, 0.05) is 0 Å². The number of quaternary nitrogens is 1. The van der Waals surface area contributed by atoms with E-state index in [0.29, 0.717) is 6.61 Å². The second kappa shape index (κ2) is 16.4. The molecule has 0 unspecified atom stereocenters. The van der Waals surface area contributed by atoms with Crippen molar-refractivity contribution in [2.24, 2.45) is 0 Å². The number of hydrogen-bond donors (Lipinski definition) is 0. The molecule has 5 heteroatoms. The van der Waals surface area contributed by atoms with Crippen LogP contribution in [0.1, 0.15) is 78.1 Å². The van der Waals surface area contributed by atoms with E-state index in [9.17, 15) is 4.79 Å². The van der Waals surface area contributed by atoms with Gasteiger partial charge in [0.2, 0.25) is 0 Å². The predicted octanol–water partition coefficient (Wildman–Crippen LogP) is 2.39. The van der Waals surface area contributed by atoms with Crippen LogP contribution in [0.15, 0.2) is 12.7 Å². The lowest BCUT2D eigenvalue weighted by Gasteiger charge is -2.44. The van der Waals surface area contributed by atoms with Crippen LogP contribution in [-0.2, 0) is 4.74 Å². The summed E-state index contributed by atoms with van der Waals surface area (Å²) in [6, 6.07) is 0. The first-order chi connectivity index (χ1) is 12.7. The molecule has 1 aliphatic heterocycles. The molecule has 0 spiro atoms. The van der Waals surface area contributed by atoms with Crippen molar-refractivity contribution in [1.82, 2.24) is 4.90 Å². The molecule has 1 aliphatic rings. The molecule has 160 valence electrons. The first-order valence-electron chi connectivity index (χ1n) is 11.0. The Kier molecular flexibility index (Phi) is 16.1. The second-order valence-corrected chi connectivity index (χ2v) is 7.85. The highest BCUT2D eigenvalue weighted by Gasteiger charge is 2.33. The summed E-state index contributed by atoms with van der Waals surface area (Å²) < 4.78 is 6.23. The molecule has 1 fully saturated rings. The minimum absolute atomic E-state index is 0. The Morgan fingerprint density at radius 2 is 1.48 bits per heavy atom. The molecule has 0 saturated carbocycles. The van der Waals surface area contributed by atoms with Gasteiger partial charge >= 0.3 is 6.09 Å². The summed E-state index contributed by atoms with van der Waals surface area (Å²) in [4.78, 5) is 13.8. The van der Waals surface area contributed by atoms with E-state index in [1.807, 2.05) is 11.8 Å². The van der Waals surface area contributed by atoms with Gasteiger partial charge < -0.3 is 26.2 Å². The predicted molar refractivity (Wildman–Crippen MR) is 110 cm³/mol. The minimum atomic E-state index is -0.150. The molecule has 0 bridgehead atoms. The van der Waals surface area contributed by atoms with Crippen molar-refractivity contribution < 1.29 is 31.0 Å². The fraction of sp³-hybridized carbons (Fsp3) is 0.864. The van der Waals surface area contributed by atoms with Crippen molar-refractivity contribution in [3.63, 3.8) is 0 Å². The zero-order chi connectivity index (χ0) is 19.1. The van der Waals surface area contributed by atoms with Gasteiger partial charge in [-0.3, -0.25) is 4.90 Å². The smallest absolute Gasteiger partial charge is 0.410 e. The quantitative estimate of drug-likeness (QED) is 0.233. The van der Waals surface area contributed by atoms with Crippen molar-refractivity contribution in [1.29, 1.82) is 0 Å². The third-order valence-electron chi connectivity index (χ3n) is 5.72. The van der Waals surface area contributed by atoms with E-state index in [-0.39, 0.29) is 23.1 Å². The fourth-order valence-electron chi connectivity index (χ4n) is 3.99. The van der Waals surface area contributed by atoms with Crippen LogP contribution < -0.4 is 17.0 Å². The standard InChI is InChI=1S/C22H43N2O2.BrH/c1-4-7-8-9-10-11-12-13-14-15-19-24(18-5-2)20-16-23(17-21-24)22(25)26-6-3;/h5H,2,4,6-21H2,1,3H3;1H/q+1;/p-1. The second-order valence-electron chi connectivity index (χ2n) is 7.85. The van der Waals surface area contributed by atoms with Gasteiger partial charge in [-0.1, -0.05) is 64.9 Å². The third-order valence-corrected chi connectivity index (χ3v) is 5.72. The summed E-state index contributed by atoms with van der Waals surface area (Å²) >= 11 is 0. The van der Waals surface area contributed by atoms with Crippen molar-refractivity contribution in [3.8, 4) is 0 Å². The van der Waals surface area contributed by atoms with Gasteiger partial charge in [-0.05, 0) is 25.8 Å². The number of ether oxygens (including phenoxy) is 1. The first kappa shape index (κ1) is 26.4. The summed E-state index contributed by atoms with van der Waals surface area (Å²) in [6.45, 7) is 14.5. The number of rotatable bonds is 14. The number of hydrogen-bond acceptors (Lipinski definition) is 2. The van der Waals surface area contributed by atoms with Crippen LogP contribution in [0.25, 0.3) is 0 Å². The van der Waals surface area contributed by atoms with Gasteiger partial charge in [-0.15, -0.1) is 0 Å². The van der Waals surface area contributed by atoms with Crippen LogP contribution in [0.3, 0.4) is 0 Å². The highest BCUT2D eigenvalue weighted by atomic mass is 79.9. The van der Waals surface area contributed by atoms with Crippen LogP contribution in [-0.4, -0.2) is 61.4 Å². The molecular formula is C22H43BrN2O2. The lowest BCUT2D eigenvalue weighted by molar-refractivity contribution is -0.926. The van der Waals surface area contributed by atoms with Gasteiger partial charge in [0.25, 0.3) is 0 Å². The van der Waals surface area contributed by atoms with Crippen molar-refractivity contribution in [2.45, 2.75) is 78.1 Å². The summed E-state index contributed by atoms with van der Waals surface area (Å²) in [6.07, 6.45) is 15.7. The van der Waals surface area contributed by atoms with Gasteiger partial charge in [0.05, 0.1) is 45.9 Å². The molecule has 0 atom stereocenters. The Labute approximate surface area is 178 Å². The highest BCUT2D eigenvalue weighted by molar-refractivity contribution is 5.67. The third kappa shape index (κ3) is 11.1. The molecule has 0 aliphatic carbocycles. The largest absolute Gasteiger partial charge is 1.00 e. The number of carbonyl (C=O) groups excluding carboxylic acids is 1. The fourth-order valence-corrected chi connectivity index (χ4v) is 3.99. The summed E-state index contributed by atoms with van der Waals surface area (Å²) in [5, 5.41) is 0. The molecule has 0 aromatic heterocycles. The van der Waals surface area contributed by atoms with E-state index in [1.54, 1.807) is 0 Å². The summed E-state index contributed by atoms with van der Waals surface area (Å²) in [7, 11) is 0. The molecule has 0 aromatic carbocycles. The molecule has 1 heterocycles. The van der Waals surface area contributed by atoms with Gasteiger partial charge in [0.1, 0.15) is 0 Å². The monoisotopic (exact) mass is 446 g/mol. The van der Waals surface area contributed by atoms with E-state index < -0.39 is 0 Å². The maximum Gasteiger partial charge on any atom is 0.410 e. The molecule has 1 rings (SSSR count). The molecule has 4 nitrogen and oxygen atoms in total. The summed E-state index contributed by atoms with van der Waals surface area (Å²) in [5.74, 6) is 0. The van der Waals surface area contributed by atoms with Gasteiger partial charge in [0.15, 0.2) is 0 Å². The number of nitrogens with zero attached hydrogens (tertiary/aromatic N) is 2. The molecule has 1 amide bonds. The van der Waals surface area contributed by atoms with Crippen LogP contribution in [0.2, 0.25) is 0 Å². The van der Waals surface area contributed by atoms with E-state index in [4.69, 9.17) is 4.74 Å². The zero-order valence-electron chi connectivity index (χ0n) is 17.9. The maximum absolute atomic E-state index is 11.9. The Hall–Kier alpha value is -0.550. The van der Waals surface area contributed by atoms with Gasteiger partial charge in [-0.25, -0.2) is 4.79 Å². The van der Waals surface area contributed by atoms with Gasteiger partial charge in [-0.2, -0.15) is 0 Å². The van der Waals surface area contributed by atoms with Crippen molar-refractivity contribution in [2.75, 3.05) is 45.9 Å². The number of piperazine rings is 1. The topological polar surface area (TPSA) is 29.5 Å². The highest BCUT2D eigenvalue weighted by Crippen LogP contribution is 2.17. The molecule has 0 aromatic rings. The lowest BCUT2D eigenvalue weighted by atomic mass is 10.1. The first-order valence-corrected chi connectivity index (χ1v) is 11.0. The number of unbranched alkanes of at least 4 members (excludes halogenated alkanes) is 9. The van der Waals surface area contributed by atoms with Crippen LogP contribution in [0.4, 0.5) is 4.79 Å². The van der Waals surface area contributed by atoms with E-state index in [2.05, 4.69) is 19.6 Å². The van der Waals surface area contributed by atoms with Crippen LogP contribution in [0, 0.1) is 0 Å². The molecule has 27 heavy (non-hydrogen) atoms. The molecule has 1 saturated heterocycles. The lowest BCUT2D eigenvalue weighted by Crippen LogP contribution is -3.00. The van der Waals surface area contributed by atoms with Crippen LogP contribution in [0.5, 0.6) is 0 Å².